The molecule has 0 saturated heterocycles. The van der Waals surface area contributed by atoms with Crippen LogP contribution in [-0.2, 0) is 0 Å². The van der Waals surface area contributed by atoms with E-state index in [-0.39, 0.29) is 0 Å². The second-order valence-corrected chi connectivity index (χ2v) is 2.99. The smallest absolute Gasteiger partial charge is 0.0162 e. The molecule has 0 saturated carbocycles. The van der Waals surface area contributed by atoms with E-state index in [1.165, 1.54) is 0 Å². The second-order valence-electron chi connectivity index (χ2n) is 2.99. The maximum absolute atomic E-state index is 3.23. The fourth-order valence-electron chi connectivity index (χ4n) is 1.01. The van der Waals surface area contributed by atoms with Crippen LogP contribution in [0.3, 0.4) is 0 Å². The Morgan fingerprint density at radius 3 is 2.46 bits per heavy atom. The predicted molar refractivity (Wildman–Crippen MR) is 59.5 cm³/mol. The second kappa shape index (κ2) is 9.49. The van der Waals surface area contributed by atoms with Crippen LogP contribution in [0.1, 0.15) is 26.7 Å². The van der Waals surface area contributed by atoms with Crippen LogP contribution in [0.5, 0.6) is 0 Å². The van der Waals surface area contributed by atoms with E-state index in [1.54, 1.807) is 0 Å². The maximum Gasteiger partial charge on any atom is 0.0162 e. The minimum Gasteiger partial charge on any atom is -0.256 e. The molecule has 0 unspecified atom stereocenters. The fraction of sp³-hybridized carbons (Fsp3) is 0.636. The van der Waals surface area contributed by atoms with Crippen molar-refractivity contribution in [1.82, 2.24) is 10.4 Å². The third kappa shape index (κ3) is 9.31. The SMILES string of the molecule is CCC=CC=CCCN(C)NCC. The van der Waals surface area contributed by atoms with E-state index < -0.39 is 0 Å². The average molecular weight is 182 g/mol. The zero-order valence-corrected chi connectivity index (χ0v) is 9.09. The van der Waals surface area contributed by atoms with Crippen LogP contribution in [0.15, 0.2) is 24.3 Å². The van der Waals surface area contributed by atoms with Gasteiger partial charge in [0.25, 0.3) is 0 Å². The number of nitrogens with one attached hydrogen (secondary N) is 1. The third-order valence-electron chi connectivity index (χ3n) is 1.68. The van der Waals surface area contributed by atoms with Crippen LogP contribution in [-0.4, -0.2) is 25.1 Å². The summed E-state index contributed by atoms with van der Waals surface area (Å²) in [5, 5.41) is 2.12. The Morgan fingerprint density at radius 1 is 1.15 bits per heavy atom. The van der Waals surface area contributed by atoms with E-state index in [0.717, 1.165) is 25.9 Å². The third-order valence-corrected chi connectivity index (χ3v) is 1.68. The quantitative estimate of drug-likeness (QED) is 0.480. The lowest BCUT2D eigenvalue weighted by atomic mass is 10.3. The van der Waals surface area contributed by atoms with Crippen molar-refractivity contribution in [2.45, 2.75) is 26.7 Å². The molecule has 0 radical (unpaired) electrons. The van der Waals surface area contributed by atoms with Gasteiger partial charge in [-0.2, -0.15) is 0 Å². The van der Waals surface area contributed by atoms with Gasteiger partial charge in [-0.05, 0) is 12.8 Å². The van der Waals surface area contributed by atoms with Crippen molar-refractivity contribution in [3.63, 3.8) is 0 Å². The molecule has 2 nitrogen and oxygen atoms in total. The van der Waals surface area contributed by atoms with Gasteiger partial charge in [0.05, 0.1) is 0 Å². The molecule has 0 aromatic rings. The first-order valence-corrected chi connectivity index (χ1v) is 5.07. The number of hydrazine groups is 1. The standard InChI is InChI=1S/C11H22N2/c1-4-6-7-8-9-10-11-13(3)12-5-2/h6-9,12H,4-5,10-11H2,1-3H3. The lowest BCUT2D eigenvalue weighted by Gasteiger charge is -2.14. The Balaban J connectivity index is 3.33. The van der Waals surface area contributed by atoms with E-state index >= 15 is 0 Å². The number of rotatable bonds is 7. The van der Waals surface area contributed by atoms with Gasteiger partial charge in [-0.1, -0.05) is 38.2 Å². The molecule has 0 aromatic heterocycles. The predicted octanol–water partition coefficient (Wildman–Crippen LogP) is 2.36. The van der Waals surface area contributed by atoms with Crippen molar-refractivity contribution in [3.05, 3.63) is 24.3 Å². The molecule has 0 fully saturated rings. The zero-order valence-electron chi connectivity index (χ0n) is 9.09. The summed E-state index contributed by atoms with van der Waals surface area (Å²) in [5.41, 5.74) is 3.23. The average Bonchev–Trinajstić information content (AvgIpc) is 2.11. The lowest BCUT2D eigenvalue weighted by Crippen LogP contribution is -2.34. The summed E-state index contributed by atoms with van der Waals surface area (Å²) in [6.45, 7) is 6.31. The van der Waals surface area contributed by atoms with E-state index in [9.17, 15) is 0 Å². The Bertz CT molecular complexity index is 150. The Labute approximate surface area is 82.3 Å². The molecule has 76 valence electrons. The number of allylic oxidation sites excluding steroid dienone is 3. The van der Waals surface area contributed by atoms with Gasteiger partial charge in [0.1, 0.15) is 0 Å². The Morgan fingerprint density at radius 2 is 1.85 bits per heavy atom. The van der Waals surface area contributed by atoms with E-state index in [4.69, 9.17) is 0 Å². The molecule has 2 heteroatoms. The highest BCUT2D eigenvalue weighted by atomic mass is 15.5. The van der Waals surface area contributed by atoms with Crippen molar-refractivity contribution in [2.75, 3.05) is 20.1 Å². The van der Waals surface area contributed by atoms with Gasteiger partial charge >= 0.3 is 0 Å². The minimum absolute atomic E-state index is 0.996. The molecule has 0 rings (SSSR count). The van der Waals surface area contributed by atoms with Crippen molar-refractivity contribution in [3.8, 4) is 0 Å². The van der Waals surface area contributed by atoms with Crippen LogP contribution in [0.2, 0.25) is 0 Å². The topological polar surface area (TPSA) is 15.3 Å². The molecule has 0 atom stereocenters. The molecule has 0 amide bonds. The summed E-state index contributed by atoms with van der Waals surface area (Å²) >= 11 is 0. The van der Waals surface area contributed by atoms with Gasteiger partial charge < -0.3 is 0 Å². The summed E-state index contributed by atoms with van der Waals surface area (Å²) in [7, 11) is 2.07. The first kappa shape index (κ1) is 12.4. The van der Waals surface area contributed by atoms with Crippen molar-refractivity contribution < 1.29 is 0 Å². The van der Waals surface area contributed by atoms with Gasteiger partial charge in [-0.3, -0.25) is 5.43 Å². The van der Waals surface area contributed by atoms with E-state index in [0.29, 0.717) is 0 Å². The minimum atomic E-state index is 0.996. The largest absolute Gasteiger partial charge is 0.256 e. The van der Waals surface area contributed by atoms with Crippen LogP contribution in [0.25, 0.3) is 0 Å². The highest BCUT2D eigenvalue weighted by Crippen LogP contribution is 1.88. The molecule has 0 aliphatic heterocycles. The van der Waals surface area contributed by atoms with Gasteiger partial charge in [-0.15, -0.1) is 0 Å². The van der Waals surface area contributed by atoms with Crippen molar-refractivity contribution >= 4 is 0 Å². The first-order valence-electron chi connectivity index (χ1n) is 5.07. The molecule has 13 heavy (non-hydrogen) atoms. The van der Waals surface area contributed by atoms with Crippen LogP contribution in [0, 0.1) is 0 Å². The lowest BCUT2D eigenvalue weighted by molar-refractivity contribution is 0.246. The van der Waals surface area contributed by atoms with Crippen molar-refractivity contribution in [2.24, 2.45) is 0 Å². The Hall–Kier alpha value is -0.600. The number of hydrogen-bond donors (Lipinski definition) is 1. The van der Waals surface area contributed by atoms with Crippen LogP contribution < -0.4 is 5.43 Å². The molecule has 0 aliphatic carbocycles. The molecule has 0 bridgehead atoms. The number of nitrogens with zero attached hydrogens (tertiary/aromatic N) is 1. The molecule has 0 aliphatic rings. The van der Waals surface area contributed by atoms with Gasteiger partial charge in [-0.25, -0.2) is 5.01 Å². The summed E-state index contributed by atoms with van der Waals surface area (Å²) in [4.78, 5) is 0. The fourth-order valence-corrected chi connectivity index (χ4v) is 1.01. The monoisotopic (exact) mass is 182 g/mol. The Kier molecular flexibility index (Phi) is 9.05. The van der Waals surface area contributed by atoms with Crippen molar-refractivity contribution in [1.29, 1.82) is 0 Å². The first-order chi connectivity index (χ1) is 6.31. The van der Waals surface area contributed by atoms with Gasteiger partial charge in [0.15, 0.2) is 0 Å². The molecule has 0 spiro atoms. The molecular weight excluding hydrogens is 160 g/mol. The van der Waals surface area contributed by atoms with Crippen LogP contribution >= 0.6 is 0 Å². The van der Waals surface area contributed by atoms with Gasteiger partial charge in [0.2, 0.25) is 0 Å². The normalized spacial score (nSPS) is 12.3. The highest BCUT2D eigenvalue weighted by Gasteiger charge is 1.90. The summed E-state index contributed by atoms with van der Waals surface area (Å²) in [6.07, 6.45) is 10.8. The zero-order chi connectivity index (χ0) is 9.94. The maximum atomic E-state index is 3.23. The van der Waals surface area contributed by atoms with E-state index in [2.05, 4.69) is 55.6 Å². The summed E-state index contributed by atoms with van der Waals surface area (Å²) < 4.78 is 0. The molecule has 0 aromatic carbocycles. The summed E-state index contributed by atoms with van der Waals surface area (Å²) in [5.74, 6) is 0. The molecule has 0 heterocycles. The number of hydrogen-bond acceptors (Lipinski definition) is 2. The highest BCUT2D eigenvalue weighted by molar-refractivity contribution is 5.01. The molecule has 1 N–H and O–H groups in total. The molecular formula is C11H22N2. The van der Waals surface area contributed by atoms with Crippen LogP contribution in [0.4, 0.5) is 0 Å². The van der Waals surface area contributed by atoms with E-state index in [1.807, 2.05) is 0 Å². The summed E-state index contributed by atoms with van der Waals surface area (Å²) in [6, 6.07) is 0. The van der Waals surface area contributed by atoms with Gasteiger partial charge in [0, 0.05) is 20.1 Å².